The van der Waals surface area contributed by atoms with Crippen molar-refractivity contribution in [3.63, 3.8) is 0 Å². The Bertz CT molecular complexity index is 385. The van der Waals surface area contributed by atoms with Crippen LogP contribution in [0.4, 0.5) is 0 Å². The number of nitriles is 1. The summed E-state index contributed by atoms with van der Waals surface area (Å²) >= 11 is 5.88. The lowest BCUT2D eigenvalue weighted by molar-refractivity contribution is -0.0813. The molecule has 1 aromatic heterocycles. The number of hydrogen-bond acceptors (Lipinski definition) is 4. The van der Waals surface area contributed by atoms with E-state index in [-0.39, 0.29) is 11.1 Å². The molecule has 0 bridgehead atoms. The largest absolute Gasteiger partial charge is 0.468 e. The second-order valence-electron chi connectivity index (χ2n) is 2.87. The Labute approximate surface area is 86.0 Å². The van der Waals surface area contributed by atoms with Crippen LogP contribution >= 0.6 is 11.6 Å². The van der Waals surface area contributed by atoms with Gasteiger partial charge in [0.25, 0.3) is 0 Å². The van der Waals surface area contributed by atoms with Crippen molar-refractivity contribution < 1.29 is 9.47 Å². The predicted octanol–water partition coefficient (Wildman–Crippen LogP) is 1.38. The monoisotopic (exact) mass is 210 g/mol. The molecule has 0 unspecified atom stereocenters. The molecule has 0 saturated carbocycles. The maximum absolute atomic E-state index is 8.71. The summed E-state index contributed by atoms with van der Waals surface area (Å²) in [5.41, 5.74) is 0.372. The summed E-state index contributed by atoms with van der Waals surface area (Å²) < 4.78 is 10.3. The minimum Gasteiger partial charge on any atom is -0.468 e. The van der Waals surface area contributed by atoms with Crippen molar-refractivity contribution in [3.8, 4) is 11.9 Å². The molecule has 72 valence electrons. The first kappa shape index (κ1) is 9.25. The van der Waals surface area contributed by atoms with Crippen molar-refractivity contribution in [2.45, 2.75) is 6.10 Å². The van der Waals surface area contributed by atoms with E-state index < -0.39 is 0 Å². The summed E-state index contributed by atoms with van der Waals surface area (Å²) in [6.45, 7) is 1.10. The fourth-order valence-electron chi connectivity index (χ4n) is 1.03. The second-order valence-corrected chi connectivity index (χ2v) is 3.24. The smallest absolute Gasteiger partial charge is 0.234 e. The van der Waals surface area contributed by atoms with Gasteiger partial charge in [0.2, 0.25) is 5.88 Å². The van der Waals surface area contributed by atoms with Crippen LogP contribution in [-0.2, 0) is 4.74 Å². The summed E-state index contributed by atoms with van der Waals surface area (Å²) in [7, 11) is 0. The molecule has 0 amide bonds. The quantitative estimate of drug-likeness (QED) is 0.740. The van der Waals surface area contributed by atoms with E-state index in [1.807, 2.05) is 6.07 Å². The van der Waals surface area contributed by atoms with Gasteiger partial charge in [0.1, 0.15) is 17.2 Å². The Morgan fingerprint density at radius 3 is 3.00 bits per heavy atom. The van der Waals surface area contributed by atoms with E-state index in [2.05, 4.69) is 4.98 Å². The number of hydrogen-bond donors (Lipinski definition) is 0. The van der Waals surface area contributed by atoms with E-state index in [4.69, 9.17) is 26.3 Å². The third-order valence-electron chi connectivity index (χ3n) is 1.86. The zero-order chi connectivity index (χ0) is 9.97. The molecule has 0 radical (unpaired) electrons. The molecule has 14 heavy (non-hydrogen) atoms. The zero-order valence-electron chi connectivity index (χ0n) is 7.24. The third-order valence-corrected chi connectivity index (χ3v) is 2.23. The highest BCUT2D eigenvalue weighted by Crippen LogP contribution is 2.26. The van der Waals surface area contributed by atoms with E-state index in [1.165, 1.54) is 6.20 Å². The Balaban J connectivity index is 2.20. The Hall–Kier alpha value is -1.31. The average molecular weight is 211 g/mol. The fraction of sp³-hybridized carbons (Fsp3) is 0.333. The highest BCUT2D eigenvalue weighted by molar-refractivity contribution is 6.32. The van der Waals surface area contributed by atoms with Crippen LogP contribution in [0.1, 0.15) is 5.56 Å². The minimum atomic E-state index is 0.00828. The molecule has 0 aromatic carbocycles. The van der Waals surface area contributed by atoms with Crippen molar-refractivity contribution in [2.24, 2.45) is 0 Å². The van der Waals surface area contributed by atoms with Crippen LogP contribution in [0.3, 0.4) is 0 Å². The summed E-state index contributed by atoms with van der Waals surface area (Å²) in [5, 5.41) is 8.97. The van der Waals surface area contributed by atoms with Crippen LogP contribution in [0.25, 0.3) is 0 Å². The van der Waals surface area contributed by atoms with Crippen LogP contribution in [0, 0.1) is 11.3 Å². The summed E-state index contributed by atoms with van der Waals surface area (Å²) in [6.07, 6.45) is 1.51. The lowest BCUT2D eigenvalue weighted by Crippen LogP contribution is -2.38. The number of rotatable bonds is 2. The molecule has 1 aliphatic rings. The van der Waals surface area contributed by atoms with Gasteiger partial charge >= 0.3 is 0 Å². The first-order chi connectivity index (χ1) is 6.81. The highest BCUT2D eigenvalue weighted by Gasteiger charge is 2.22. The van der Waals surface area contributed by atoms with Crippen molar-refractivity contribution in [1.82, 2.24) is 4.98 Å². The maximum atomic E-state index is 8.71. The fourth-order valence-corrected chi connectivity index (χ4v) is 1.23. The van der Waals surface area contributed by atoms with Gasteiger partial charge in [0.05, 0.1) is 18.8 Å². The highest BCUT2D eigenvalue weighted by atomic mass is 35.5. The van der Waals surface area contributed by atoms with Crippen LogP contribution in [0.2, 0.25) is 5.02 Å². The molecule has 4 nitrogen and oxygen atoms in total. The lowest BCUT2D eigenvalue weighted by atomic mass is 10.3. The van der Waals surface area contributed by atoms with Crippen LogP contribution in [0.15, 0.2) is 12.3 Å². The molecular weight excluding hydrogens is 204 g/mol. The summed E-state index contributed by atoms with van der Waals surface area (Å²) in [6, 6.07) is 3.51. The molecule has 0 spiro atoms. The standard InChI is InChI=1S/C9H7ClN2O2/c10-8-6(3-11)1-2-12-9(8)14-7-4-13-5-7/h1-2,7H,4-5H2. The van der Waals surface area contributed by atoms with Gasteiger partial charge < -0.3 is 9.47 Å². The third kappa shape index (κ3) is 1.65. The molecule has 1 saturated heterocycles. The molecule has 1 aliphatic heterocycles. The SMILES string of the molecule is N#Cc1ccnc(OC2COC2)c1Cl. The Morgan fingerprint density at radius 1 is 1.64 bits per heavy atom. The Morgan fingerprint density at radius 2 is 2.43 bits per heavy atom. The van der Waals surface area contributed by atoms with Crippen LogP contribution < -0.4 is 4.74 Å². The summed E-state index contributed by atoms with van der Waals surface area (Å²) in [5.74, 6) is 0.305. The van der Waals surface area contributed by atoms with E-state index in [1.54, 1.807) is 6.07 Å². The Kier molecular flexibility index (Phi) is 2.53. The molecule has 0 N–H and O–H groups in total. The number of ether oxygens (including phenoxy) is 2. The topological polar surface area (TPSA) is 55.1 Å². The molecular formula is C9H7ClN2O2. The van der Waals surface area contributed by atoms with E-state index >= 15 is 0 Å². The van der Waals surface area contributed by atoms with Gasteiger partial charge in [-0.05, 0) is 6.07 Å². The van der Waals surface area contributed by atoms with Crippen molar-refractivity contribution in [1.29, 1.82) is 5.26 Å². The minimum absolute atomic E-state index is 0.00828. The van der Waals surface area contributed by atoms with Crippen molar-refractivity contribution in [2.75, 3.05) is 13.2 Å². The first-order valence-corrected chi connectivity index (χ1v) is 4.48. The van der Waals surface area contributed by atoms with Crippen molar-refractivity contribution in [3.05, 3.63) is 22.8 Å². The average Bonchev–Trinajstić information content (AvgIpc) is 2.13. The van der Waals surface area contributed by atoms with Gasteiger partial charge in [-0.3, -0.25) is 0 Å². The molecule has 2 rings (SSSR count). The second kappa shape index (κ2) is 3.82. The normalized spacial score (nSPS) is 15.7. The summed E-state index contributed by atoms with van der Waals surface area (Å²) in [4.78, 5) is 3.95. The van der Waals surface area contributed by atoms with Gasteiger partial charge in [0.15, 0.2) is 0 Å². The number of pyridine rings is 1. The van der Waals surface area contributed by atoms with E-state index in [9.17, 15) is 0 Å². The molecule has 1 fully saturated rings. The number of aromatic nitrogens is 1. The van der Waals surface area contributed by atoms with Gasteiger partial charge in [-0.15, -0.1) is 0 Å². The predicted molar refractivity (Wildman–Crippen MR) is 49.2 cm³/mol. The number of nitrogens with zero attached hydrogens (tertiary/aromatic N) is 2. The van der Waals surface area contributed by atoms with E-state index in [0.29, 0.717) is 24.7 Å². The van der Waals surface area contributed by atoms with Gasteiger partial charge in [-0.1, -0.05) is 11.6 Å². The van der Waals surface area contributed by atoms with Gasteiger partial charge in [0, 0.05) is 6.20 Å². The zero-order valence-corrected chi connectivity index (χ0v) is 7.99. The van der Waals surface area contributed by atoms with Gasteiger partial charge in [-0.25, -0.2) is 4.98 Å². The van der Waals surface area contributed by atoms with Crippen LogP contribution in [0.5, 0.6) is 5.88 Å². The maximum Gasteiger partial charge on any atom is 0.234 e. The van der Waals surface area contributed by atoms with Gasteiger partial charge in [-0.2, -0.15) is 5.26 Å². The molecule has 0 atom stereocenters. The van der Waals surface area contributed by atoms with Crippen LogP contribution in [-0.4, -0.2) is 24.3 Å². The lowest BCUT2D eigenvalue weighted by Gasteiger charge is -2.26. The van der Waals surface area contributed by atoms with Crippen molar-refractivity contribution >= 4 is 11.6 Å². The molecule has 2 heterocycles. The molecule has 5 heteroatoms. The first-order valence-electron chi connectivity index (χ1n) is 4.10. The molecule has 0 aliphatic carbocycles. The van der Waals surface area contributed by atoms with E-state index in [0.717, 1.165) is 0 Å². The number of halogens is 1. The molecule has 1 aromatic rings.